The Morgan fingerprint density at radius 2 is 0.782 bits per heavy atom. The zero-order valence-corrected chi connectivity index (χ0v) is 59.8. The van der Waals surface area contributed by atoms with Crippen LogP contribution in [-0.4, -0.2) is 440 Å². The van der Waals surface area contributed by atoms with Crippen LogP contribution in [0.25, 0.3) is 0 Å². The Morgan fingerprint density at radius 3 is 1.21 bits per heavy atom. The van der Waals surface area contributed by atoms with Gasteiger partial charge in [0.25, 0.3) is 0 Å². The molecule has 47 nitrogen and oxygen atoms in total. The van der Waals surface area contributed by atoms with Gasteiger partial charge >= 0.3 is 0 Å². The first-order valence-corrected chi connectivity index (χ1v) is 35.1. The fourth-order valence-corrected chi connectivity index (χ4v) is 13.7. The molecule has 7 aliphatic heterocycles. The maximum Gasteiger partial charge on any atom is 0.217 e. The molecule has 0 unspecified atom stereocenters. The average molecular weight is 1600 g/mol. The molecule has 0 spiro atoms. The van der Waals surface area contributed by atoms with Crippen molar-refractivity contribution in [2.24, 2.45) is 0 Å². The van der Waals surface area contributed by atoms with Gasteiger partial charge in [-0.15, -0.1) is 0 Å². The highest BCUT2D eigenvalue weighted by molar-refractivity contribution is 5.75. The zero-order chi connectivity index (χ0) is 81.0. The molecule has 1 aromatic heterocycles. The van der Waals surface area contributed by atoms with Crippen molar-refractivity contribution >= 4 is 35.4 Å². The second-order valence-electron chi connectivity index (χ2n) is 27.3. The second kappa shape index (κ2) is 41.0. The molecule has 110 heavy (non-hydrogen) atoms. The summed E-state index contributed by atoms with van der Waals surface area (Å²) in [5.41, 5.74) is 0. The molecule has 0 saturated carbocycles. The summed E-state index contributed by atoms with van der Waals surface area (Å²) >= 11 is 0. The predicted octanol–water partition coefficient (Wildman–Crippen LogP) is -16.6. The number of hydrogen-bond donors (Lipinski definition) is 27. The maximum atomic E-state index is 13.1. The standard InChI is InChI=1S/C63H103N7O40/c1-19(78)66-24(10-65-33-8-6-7-9-64-33)38(84)51(25(83)11-71)105-60-37(70-23(5)82)47(93)52(30(16-76)102-60)107-61-50(96)54(43(89)32(104-61)18-97-62-55(48(94)42(88)29(15-75)101-62)109-58-35(68-21(3)80)45(91)40(86)27(13-73)99-58)108-63-56(110-59-36(69-22(4)81)46(92)41(87)28(14-74)100-59)49(95)53(31(17-77)103-63)106-57-34(67-20(2)79)44(90)39(85)26(12-72)98-57/h6-9,24-32,34-63,71-77,83-96H,10-18H2,1-5H3,(H,64,65)(H,66,78)(H,67,79)(H,68,80)(H,69,81)(H,70,82)/t24-,25+,26+,27+,28+,29+,30+,31+,32+,34+,35+,36+,37+,38+,39+,40+,41+,42+,43+,44+,45+,46+,47+,48-,49-,50-,51+,52+,53+,54-,55-,56-,57-,58-,59-,60-,61-,62-,63+/m0/s1. The number of anilines is 1. The molecular formula is C63H103N7O40. The normalized spacial score (nSPS) is 42.2. The van der Waals surface area contributed by atoms with E-state index in [4.69, 9.17) is 66.3 Å². The van der Waals surface area contributed by atoms with Crippen LogP contribution in [0, 0.1) is 0 Å². The molecule has 0 aromatic carbocycles. The van der Waals surface area contributed by atoms with E-state index in [0.29, 0.717) is 0 Å². The van der Waals surface area contributed by atoms with Crippen molar-refractivity contribution in [2.75, 3.05) is 64.7 Å². The van der Waals surface area contributed by atoms with E-state index < -0.39 is 321 Å². The van der Waals surface area contributed by atoms with E-state index in [1.807, 2.05) is 0 Å². The Morgan fingerprint density at radius 1 is 0.400 bits per heavy atom. The lowest BCUT2D eigenvalue weighted by Crippen LogP contribution is -2.71. The monoisotopic (exact) mass is 1600 g/mol. The van der Waals surface area contributed by atoms with Gasteiger partial charge in [0, 0.05) is 47.4 Å². The fourth-order valence-electron chi connectivity index (χ4n) is 13.7. The quantitative estimate of drug-likeness (QED) is 0.0311. The first kappa shape index (κ1) is 90.4. The minimum Gasteiger partial charge on any atom is -0.394 e. The first-order valence-electron chi connectivity index (χ1n) is 35.1. The first-order chi connectivity index (χ1) is 52.1. The summed E-state index contributed by atoms with van der Waals surface area (Å²) in [5, 5.41) is 251. The Labute approximate surface area is 625 Å². The van der Waals surface area contributed by atoms with E-state index in [1.165, 1.54) is 12.3 Å². The van der Waals surface area contributed by atoms with Crippen LogP contribution in [0.4, 0.5) is 5.82 Å². The van der Waals surface area contributed by atoms with Gasteiger partial charge < -0.3 is 205 Å². The highest BCUT2D eigenvalue weighted by Gasteiger charge is 2.60. The summed E-state index contributed by atoms with van der Waals surface area (Å²) < 4.78 is 84.9. The summed E-state index contributed by atoms with van der Waals surface area (Å²) in [6, 6.07) is -3.99. The Balaban J connectivity index is 1.20. The zero-order valence-electron chi connectivity index (χ0n) is 59.8. The van der Waals surface area contributed by atoms with Gasteiger partial charge in [-0.2, -0.15) is 0 Å². The lowest BCUT2D eigenvalue weighted by atomic mass is 9.94. The number of amides is 5. The fraction of sp³-hybridized carbons (Fsp3) is 0.841. The van der Waals surface area contributed by atoms with Crippen molar-refractivity contribution in [3.63, 3.8) is 0 Å². The molecule has 630 valence electrons. The van der Waals surface area contributed by atoms with E-state index in [2.05, 4.69) is 36.9 Å². The van der Waals surface area contributed by atoms with Gasteiger partial charge in [-0.25, -0.2) is 4.98 Å². The third kappa shape index (κ3) is 21.5. The third-order valence-corrected chi connectivity index (χ3v) is 19.3. The van der Waals surface area contributed by atoms with Crippen LogP contribution in [0.15, 0.2) is 24.4 Å². The van der Waals surface area contributed by atoms with Crippen molar-refractivity contribution in [1.29, 1.82) is 0 Å². The number of nitrogens with zero attached hydrogens (tertiary/aromatic N) is 1. The predicted molar refractivity (Wildman–Crippen MR) is 350 cm³/mol. The minimum atomic E-state index is -2.59. The van der Waals surface area contributed by atoms with Gasteiger partial charge in [0.1, 0.15) is 195 Å². The summed E-state index contributed by atoms with van der Waals surface area (Å²) in [7, 11) is 0. The van der Waals surface area contributed by atoms with Crippen LogP contribution >= 0.6 is 0 Å². The topological polar surface area (TPSA) is 724 Å². The molecule has 5 amide bonds. The summed E-state index contributed by atoms with van der Waals surface area (Å²) in [6.45, 7) is -4.26. The number of carbonyl (C=O) groups excluding carboxylic acids is 5. The lowest BCUT2D eigenvalue weighted by Gasteiger charge is -2.51. The van der Waals surface area contributed by atoms with E-state index in [0.717, 1.165) is 34.6 Å². The molecule has 39 atom stereocenters. The van der Waals surface area contributed by atoms with Crippen molar-refractivity contribution in [2.45, 2.75) is 274 Å². The number of carbonyl (C=O) groups is 5. The van der Waals surface area contributed by atoms with Gasteiger partial charge in [0.05, 0.1) is 58.9 Å². The largest absolute Gasteiger partial charge is 0.394 e. The van der Waals surface area contributed by atoms with Crippen molar-refractivity contribution in [3.8, 4) is 0 Å². The molecule has 0 radical (unpaired) electrons. The highest BCUT2D eigenvalue weighted by atomic mass is 16.8. The molecule has 8 heterocycles. The van der Waals surface area contributed by atoms with Crippen molar-refractivity contribution in [1.82, 2.24) is 31.6 Å². The SMILES string of the molecule is CC(=O)N[C@H]1[C@H](O[C@@H]([C@H](O)[C@H](CNc2ccccn2)NC(C)=O)[C@H](O)CO)O[C@H](CO)[C@@H](O[C@@H]2O[C@H](CO[C@H]3O[C@H](CO)[C@@H](O)[C@H](O)[C@@H]3O[C@@H]3O[C@H](CO)[C@@H](O)[C@H](O)[C@H]3NC(C)=O)[C@@H](O)[C@H](O[C@H]3O[C@H](CO)[C@@H](O[C@@H]4O[C@H](CO)[C@@H](O)[C@H](O)[C@H]4NC(C)=O)[C@H](O)[C@@H]3O[C@@H]3O[C@H](CO)[C@@H](O)[C@H](O)[C@H]3NC(C)=O)[C@@H]2O)[C@@H]1O. The lowest BCUT2D eigenvalue weighted by molar-refractivity contribution is -0.402. The Kier molecular flexibility index (Phi) is 33.7. The number of aliphatic hydroxyl groups is 21. The number of nitrogens with one attached hydrogen (secondary N) is 6. The molecule has 7 fully saturated rings. The van der Waals surface area contributed by atoms with E-state index in [1.54, 1.807) is 12.1 Å². The van der Waals surface area contributed by atoms with E-state index in [-0.39, 0.29) is 12.4 Å². The molecule has 27 N–H and O–H groups in total. The number of aliphatic hydroxyl groups excluding tert-OH is 21. The maximum absolute atomic E-state index is 13.1. The van der Waals surface area contributed by atoms with Gasteiger partial charge in [-0.3, -0.25) is 24.0 Å². The molecule has 0 aliphatic carbocycles. The van der Waals surface area contributed by atoms with Crippen LogP contribution < -0.4 is 31.9 Å². The molecular weight excluding hydrogens is 1490 g/mol. The van der Waals surface area contributed by atoms with Crippen LogP contribution in [-0.2, 0) is 90.3 Å². The summed E-state index contributed by atoms with van der Waals surface area (Å²) in [5.74, 6) is -4.02. The molecule has 1 aromatic rings. The summed E-state index contributed by atoms with van der Waals surface area (Å²) in [4.78, 5) is 67.6. The van der Waals surface area contributed by atoms with Gasteiger partial charge in [-0.05, 0) is 12.1 Å². The van der Waals surface area contributed by atoms with Crippen molar-refractivity contribution < 1.29 is 198 Å². The number of pyridine rings is 1. The molecule has 8 rings (SSSR count). The van der Waals surface area contributed by atoms with Crippen LogP contribution in [0.1, 0.15) is 34.6 Å². The highest BCUT2D eigenvalue weighted by Crippen LogP contribution is 2.39. The van der Waals surface area contributed by atoms with Crippen molar-refractivity contribution in [3.05, 3.63) is 24.4 Å². The average Bonchev–Trinajstić information content (AvgIpc) is 0.725. The van der Waals surface area contributed by atoms with E-state index >= 15 is 0 Å². The molecule has 0 bridgehead atoms. The number of aromatic nitrogens is 1. The summed E-state index contributed by atoms with van der Waals surface area (Å²) in [6.07, 6.45) is -70.2. The van der Waals surface area contributed by atoms with Crippen LogP contribution in [0.5, 0.6) is 0 Å². The van der Waals surface area contributed by atoms with Crippen LogP contribution in [0.3, 0.4) is 0 Å². The minimum absolute atomic E-state index is 0.253. The number of rotatable bonds is 33. The van der Waals surface area contributed by atoms with Gasteiger partial charge in [-0.1, -0.05) is 6.07 Å². The third-order valence-electron chi connectivity index (χ3n) is 19.3. The molecule has 7 aliphatic rings. The second-order valence-corrected chi connectivity index (χ2v) is 27.3. The van der Waals surface area contributed by atoms with Gasteiger partial charge in [0.15, 0.2) is 44.0 Å². The van der Waals surface area contributed by atoms with Crippen LogP contribution in [0.2, 0.25) is 0 Å². The molecule has 7 saturated heterocycles. The molecule has 47 heteroatoms. The Hall–Kier alpha value is -5.10. The smallest absolute Gasteiger partial charge is 0.217 e. The number of ether oxygens (including phenoxy) is 14. The van der Waals surface area contributed by atoms with E-state index in [9.17, 15) is 131 Å². The number of hydrogen-bond acceptors (Lipinski definition) is 42. The Bertz CT molecular complexity index is 3050. The van der Waals surface area contributed by atoms with Gasteiger partial charge in [0.2, 0.25) is 29.5 Å².